The Bertz CT molecular complexity index is 1810. The Balaban J connectivity index is 1.29. The van der Waals surface area contributed by atoms with Gasteiger partial charge in [0.05, 0.1) is 29.1 Å². The van der Waals surface area contributed by atoms with Crippen LogP contribution in [0.4, 0.5) is 5.69 Å². The lowest BCUT2D eigenvalue weighted by molar-refractivity contribution is 0.0303. The van der Waals surface area contributed by atoms with Crippen molar-refractivity contribution < 1.29 is 17.9 Å². The summed E-state index contributed by atoms with van der Waals surface area (Å²) in [5, 5.41) is 3.53. The lowest BCUT2D eigenvalue weighted by Gasteiger charge is -2.27. The van der Waals surface area contributed by atoms with Crippen molar-refractivity contribution in [2.45, 2.75) is 40.2 Å². The smallest absolute Gasteiger partial charge is 0.254 e. The molecule has 13 heteroatoms. The molecule has 2 aliphatic rings. The molecule has 228 valence electrons. The van der Waals surface area contributed by atoms with Crippen LogP contribution in [0.3, 0.4) is 0 Å². The molecular weight excluding hydrogens is 634 g/mol. The largest absolute Gasteiger partial charge is 0.378 e. The van der Waals surface area contributed by atoms with Gasteiger partial charge in [0, 0.05) is 66.6 Å². The summed E-state index contributed by atoms with van der Waals surface area (Å²) in [7, 11) is -3.23. The van der Waals surface area contributed by atoms with Gasteiger partial charge in [-0.05, 0) is 79.9 Å². The third kappa shape index (κ3) is 5.59. The molecule has 0 spiro atoms. The number of H-pyrrole nitrogens is 1. The summed E-state index contributed by atoms with van der Waals surface area (Å²) in [5.41, 5.74) is 7.81. The molecule has 6 rings (SSSR count). The van der Waals surface area contributed by atoms with Crippen molar-refractivity contribution in [3.8, 4) is 17.1 Å². The minimum atomic E-state index is -3.23. The standard InChI is InChI=1S/C30H36BrN7O4S/c1-5-43(40,41)37-9-8-22(17-37)33-26-24(31)16-32-29-27(26)34-28(35-29)23-15-19(3)38(20(23)4)25-7-6-21(14-18(25)2)30(39)36-10-12-42-13-11-36/h6-7,14-16,22H,5,8-13,17H2,1-4H3,(H2,32,33,34,35). The molecule has 2 aliphatic heterocycles. The number of aromatic amines is 1. The average molecular weight is 671 g/mol. The van der Waals surface area contributed by atoms with E-state index in [9.17, 15) is 13.2 Å². The van der Waals surface area contributed by atoms with E-state index >= 15 is 0 Å². The molecule has 3 aromatic heterocycles. The van der Waals surface area contributed by atoms with Gasteiger partial charge in [0.25, 0.3) is 5.91 Å². The molecule has 0 saturated carbocycles. The third-order valence-corrected chi connectivity index (χ3v) is 10.8. The van der Waals surface area contributed by atoms with Crippen molar-refractivity contribution in [2.24, 2.45) is 0 Å². The summed E-state index contributed by atoms with van der Waals surface area (Å²) in [5.74, 6) is 0.823. The fourth-order valence-corrected chi connectivity index (χ4v) is 7.60. The predicted molar refractivity (Wildman–Crippen MR) is 170 cm³/mol. The number of aromatic nitrogens is 4. The van der Waals surface area contributed by atoms with Crippen LogP contribution in [0.15, 0.2) is 34.9 Å². The van der Waals surface area contributed by atoms with Gasteiger partial charge < -0.3 is 24.5 Å². The second-order valence-corrected chi connectivity index (χ2v) is 14.3. The first kappa shape index (κ1) is 29.8. The van der Waals surface area contributed by atoms with Crippen LogP contribution in [0.1, 0.15) is 40.7 Å². The molecule has 1 atom stereocenters. The summed E-state index contributed by atoms with van der Waals surface area (Å²) >= 11 is 3.62. The van der Waals surface area contributed by atoms with Gasteiger partial charge >= 0.3 is 0 Å². The minimum absolute atomic E-state index is 0.0299. The second kappa shape index (κ2) is 11.7. The highest BCUT2D eigenvalue weighted by atomic mass is 79.9. The normalized spacial score (nSPS) is 18.1. The number of pyridine rings is 1. The Morgan fingerprint density at radius 1 is 1.16 bits per heavy atom. The fraction of sp³-hybridized carbons (Fsp3) is 0.433. The van der Waals surface area contributed by atoms with E-state index in [0.29, 0.717) is 68.4 Å². The Morgan fingerprint density at radius 3 is 2.65 bits per heavy atom. The van der Waals surface area contributed by atoms with Crippen LogP contribution in [0.2, 0.25) is 0 Å². The molecule has 1 aromatic carbocycles. The molecule has 1 amide bonds. The highest BCUT2D eigenvalue weighted by Gasteiger charge is 2.31. The number of aryl methyl sites for hydroxylation is 2. The minimum Gasteiger partial charge on any atom is -0.378 e. The number of nitrogens with zero attached hydrogens (tertiary/aromatic N) is 5. The van der Waals surface area contributed by atoms with Crippen LogP contribution in [0.25, 0.3) is 28.2 Å². The number of morpholine rings is 1. The Morgan fingerprint density at radius 2 is 1.93 bits per heavy atom. The molecular formula is C30H36BrN7O4S. The molecule has 43 heavy (non-hydrogen) atoms. The summed E-state index contributed by atoms with van der Waals surface area (Å²) in [4.78, 5) is 27.8. The molecule has 2 N–H and O–H groups in total. The first-order valence-corrected chi connectivity index (χ1v) is 16.9. The number of ether oxygens (including phenoxy) is 1. The molecule has 2 saturated heterocycles. The van der Waals surface area contributed by atoms with Crippen LogP contribution in [-0.4, -0.2) is 94.2 Å². The molecule has 11 nitrogen and oxygen atoms in total. The number of carbonyl (C=O) groups is 1. The van der Waals surface area contributed by atoms with Crippen LogP contribution in [-0.2, 0) is 14.8 Å². The summed E-state index contributed by atoms with van der Waals surface area (Å²) < 4.78 is 34.6. The van der Waals surface area contributed by atoms with E-state index in [0.717, 1.165) is 38.4 Å². The van der Waals surface area contributed by atoms with Crippen molar-refractivity contribution in [1.82, 2.24) is 28.7 Å². The maximum Gasteiger partial charge on any atom is 0.254 e. The lowest BCUT2D eigenvalue weighted by Crippen LogP contribution is -2.40. The van der Waals surface area contributed by atoms with Crippen molar-refractivity contribution in [2.75, 3.05) is 50.5 Å². The number of anilines is 1. The number of amides is 1. The van der Waals surface area contributed by atoms with Gasteiger partial charge in [-0.15, -0.1) is 0 Å². The number of hydrogen-bond acceptors (Lipinski definition) is 7. The van der Waals surface area contributed by atoms with E-state index in [1.807, 2.05) is 30.0 Å². The molecule has 0 bridgehead atoms. The first-order valence-electron chi connectivity index (χ1n) is 14.5. The van der Waals surface area contributed by atoms with E-state index in [1.54, 1.807) is 17.4 Å². The number of fused-ring (bicyclic) bond motifs is 1. The van der Waals surface area contributed by atoms with E-state index in [-0.39, 0.29) is 17.7 Å². The van der Waals surface area contributed by atoms with Crippen LogP contribution < -0.4 is 5.32 Å². The number of benzene rings is 1. The van der Waals surface area contributed by atoms with E-state index < -0.39 is 10.0 Å². The SMILES string of the molecule is CCS(=O)(=O)N1CCC(Nc2c(Br)cnc3[nH]c(-c4cc(C)n(-c5ccc(C(=O)N6CCOCC6)cc5C)c4C)nc23)C1. The number of imidazole rings is 1. The zero-order valence-corrected chi connectivity index (χ0v) is 27.2. The third-order valence-electron chi connectivity index (χ3n) is 8.39. The van der Waals surface area contributed by atoms with Crippen molar-refractivity contribution >= 4 is 48.7 Å². The summed E-state index contributed by atoms with van der Waals surface area (Å²) in [6.07, 6.45) is 2.44. The van der Waals surface area contributed by atoms with Crippen molar-refractivity contribution in [1.29, 1.82) is 0 Å². The fourth-order valence-electron chi connectivity index (χ4n) is 6.04. The van der Waals surface area contributed by atoms with Gasteiger partial charge in [-0.3, -0.25) is 4.79 Å². The monoisotopic (exact) mass is 669 g/mol. The Hall–Kier alpha value is -3.26. The number of nitrogens with one attached hydrogen (secondary N) is 2. The van der Waals surface area contributed by atoms with Crippen LogP contribution >= 0.6 is 15.9 Å². The highest BCUT2D eigenvalue weighted by Crippen LogP contribution is 2.35. The average Bonchev–Trinajstić information content (AvgIpc) is 3.72. The molecule has 0 radical (unpaired) electrons. The summed E-state index contributed by atoms with van der Waals surface area (Å²) in [6, 6.07) is 7.94. The van der Waals surface area contributed by atoms with Gasteiger partial charge in [0.2, 0.25) is 10.0 Å². The Labute approximate surface area is 259 Å². The van der Waals surface area contributed by atoms with Gasteiger partial charge in [-0.2, -0.15) is 4.31 Å². The predicted octanol–water partition coefficient (Wildman–Crippen LogP) is 4.41. The zero-order valence-electron chi connectivity index (χ0n) is 24.8. The molecule has 5 heterocycles. The summed E-state index contributed by atoms with van der Waals surface area (Å²) in [6.45, 7) is 11.1. The highest BCUT2D eigenvalue weighted by molar-refractivity contribution is 9.10. The topological polar surface area (TPSA) is 125 Å². The van der Waals surface area contributed by atoms with E-state index in [4.69, 9.17) is 9.72 Å². The van der Waals surface area contributed by atoms with Gasteiger partial charge in [-0.1, -0.05) is 0 Å². The molecule has 4 aromatic rings. The number of rotatable bonds is 7. The molecule has 1 unspecified atom stereocenters. The van der Waals surface area contributed by atoms with Gasteiger partial charge in [-0.25, -0.2) is 18.4 Å². The molecule has 0 aliphatic carbocycles. The zero-order chi connectivity index (χ0) is 30.5. The number of halogens is 1. The number of carbonyl (C=O) groups excluding carboxylic acids is 1. The van der Waals surface area contributed by atoms with Crippen LogP contribution in [0, 0.1) is 20.8 Å². The Kier molecular flexibility index (Phi) is 8.09. The van der Waals surface area contributed by atoms with Crippen LogP contribution in [0.5, 0.6) is 0 Å². The first-order chi connectivity index (χ1) is 20.6. The quantitative estimate of drug-likeness (QED) is 0.299. The second-order valence-electron chi connectivity index (χ2n) is 11.2. The van der Waals surface area contributed by atoms with Gasteiger partial charge in [0.15, 0.2) is 5.65 Å². The van der Waals surface area contributed by atoms with Crippen molar-refractivity contribution in [3.63, 3.8) is 0 Å². The maximum absolute atomic E-state index is 13.0. The lowest BCUT2D eigenvalue weighted by atomic mass is 10.1. The van der Waals surface area contributed by atoms with E-state index in [2.05, 4.69) is 55.7 Å². The maximum atomic E-state index is 13.0. The number of hydrogen-bond donors (Lipinski definition) is 2. The van der Waals surface area contributed by atoms with Gasteiger partial charge in [0.1, 0.15) is 11.3 Å². The van der Waals surface area contributed by atoms with Crippen molar-refractivity contribution in [3.05, 3.63) is 57.4 Å². The van der Waals surface area contributed by atoms with E-state index in [1.165, 1.54) is 0 Å². The number of sulfonamides is 1. The molecule has 2 fully saturated rings.